The van der Waals surface area contributed by atoms with Gasteiger partial charge in [0.25, 0.3) is 11.8 Å². The molecule has 12 heteroatoms. The summed E-state index contributed by atoms with van der Waals surface area (Å²) in [5.41, 5.74) is 3.51. The topological polar surface area (TPSA) is 142 Å². The summed E-state index contributed by atoms with van der Waals surface area (Å²) in [6, 6.07) is 5.79. The molecule has 12 nitrogen and oxygen atoms in total. The Labute approximate surface area is 249 Å². The van der Waals surface area contributed by atoms with Crippen molar-refractivity contribution in [2.75, 3.05) is 51.2 Å². The van der Waals surface area contributed by atoms with E-state index in [0.717, 1.165) is 11.1 Å². The molecule has 4 N–H and O–H groups in total. The number of ether oxygens (including phenoxy) is 4. The lowest BCUT2D eigenvalue weighted by Crippen LogP contribution is -2.43. The molecule has 4 heterocycles. The van der Waals surface area contributed by atoms with Gasteiger partial charge >= 0.3 is 0 Å². The molecule has 43 heavy (non-hydrogen) atoms. The summed E-state index contributed by atoms with van der Waals surface area (Å²) < 4.78 is 23.0. The van der Waals surface area contributed by atoms with Crippen LogP contribution in [0.4, 0.5) is 11.4 Å². The van der Waals surface area contributed by atoms with Gasteiger partial charge in [0, 0.05) is 31.6 Å². The third-order valence-corrected chi connectivity index (χ3v) is 8.31. The fourth-order valence-electron chi connectivity index (χ4n) is 6.17. The first-order valence-electron chi connectivity index (χ1n) is 14.2. The number of anilines is 2. The summed E-state index contributed by atoms with van der Waals surface area (Å²) in [6.07, 6.45) is -0.341. The van der Waals surface area contributed by atoms with Gasteiger partial charge < -0.3 is 49.6 Å². The maximum Gasteiger partial charge on any atom is 0.256 e. The zero-order valence-corrected chi connectivity index (χ0v) is 24.2. The van der Waals surface area contributed by atoms with Crippen LogP contribution in [0.2, 0.25) is 0 Å². The predicted octanol–water partition coefficient (Wildman–Crippen LogP) is 2.58. The molecule has 2 fully saturated rings. The SMILES string of the molecule is C=C1C[C@H]2C(O)Nc3cc(OCCCOc4cc5c(cc4OC)C(=O)N4CC(=C)C[C@H]4C(O)N5)c(OC)cc3C(=O)N2C1. The van der Waals surface area contributed by atoms with Crippen LogP contribution in [0.1, 0.15) is 40.0 Å². The molecule has 0 radical (unpaired) electrons. The van der Waals surface area contributed by atoms with Gasteiger partial charge in [-0.25, -0.2) is 0 Å². The van der Waals surface area contributed by atoms with Crippen molar-refractivity contribution in [1.29, 1.82) is 0 Å². The number of hydrogen-bond acceptors (Lipinski definition) is 10. The highest BCUT2D eigenvalue weighted by Gasteiger charge is 2.41. The largest absolute Gasteiger partial charge is 0.493 e. The number of rotatable bonds is 8. The number of hydrogen-bond donors (Lipinski definition) is 4. The molecule has 2 amide bonds. The zero-order valence-electron chi connectivity index (χ0n) is 24.2. The van der Waals surface area contributed by atoms with Crippen molar-refractivity contribution in [3.8, 4) is 23.0 Å². The summed E-state index contributed by atoms with van der Waals surface area (Å²) in [4.78, 5) is 29.8. The summed E-state index contributed by atoms with van der Waals surface area (Å²) in [5, 5.41) is 27.6. The van der Waals surface area contributed by atoms with Gasteiger partial charge in [0.15, 0.2) is 23.0 Å². The van der Waals surface area contributed by atoms with Crippen LogP contribution < -0.4 is 29.6 Å². The first-order valence-corrected chi connectivity index (χ1v) is 14.2. The molecule has 2 saturated heterocycles. The van der Waals surface area contributed by atoms with E-state index in [9.17, 15) is 19.8 Å². The first kappa shape index (κ1) is 28.7. The number of aliphatic hydroxyl groups excluding tert-OH is 2. The van der Waals surface area contributed by atoms with E-state index >= 15 is 0 Å². The van der Waals surface area contributed by atoms with Gasteiger partial charge in [0.1, 0.15) is 12.5 Å². The van der Waals surface area contributed by atoms with Crippen molar-refractivity contribution < 1.29 is 38.7 Å². The van der Waals surface area contributed by atoms with E-state index in [1.54, 1.807) is 34.1 Å². The highest BCUT2D eigenvalue weighted by atomic mass is 16.5. The van der Waals surface area contributed by atoms with Crippen LogP contribution >= 0.6 is 0 Å². The number of fused-ring (bicyclic) bond motifs is 4. The number of carbonyl (C=O) groups is 2. The lowest BCUT2D eigenvalue weighted by atomic mass is 10.1. The molecule has 0 spiro atoms. The van der Waals surface area contributed by atoms with E-state index < -0.39 is 24.5 Å². The highest BCUT2D eigenvalue weighted by molar-refractivity contribution is 6.02. The number of nitrogens with zero attached hydrogens (tertiary/aromatic N) is 2. The lowest BCUT2D eigenvalue weighted by Gasteiger charge is -2.24. The molecule has 0 saturated carbocycles. The van der Waals surface area contributed by atoms with Gasteiger partial charge in [0.05, 0.1) is 62.0 Å². The Balaban J connectivity index is 1.11. The van der Waals surface area contributed by atoms with Crippen LogP contribution in [0.3, 0.4) is 0 Å². The Morgan fingerprint density at radius 1 is 0.744 bits per heavy atom. The second-order valence-corrected chi connectivity index (χ2v) is 11.2. The molecule has 0 aromatic heterocycles. The smallest absolute Gasteiger partial charge is 0.256 e. The number of aliphatic hydroxyl groups is 2. The molecule has 4 atom stereocenters. The van der Waals surface area contributed by atoms with E-state index in [-0.39, 0.29) is 25.0 Å². The van der Waals surface area contributed by atoms with Crippen molar-refractivity contribution in [3.63, 3.8) is 0 Å². The van der Waals surface area contributed by atoms with Gasteiger partial charge in [-0.1, -0.05) is 24.3 Å². The molecule has 2 aromatic rings. The second kappa shape index (κ2) is 11.3. The van der Waals surface area contributed by atoms with Crippen LogP contribution in [-0.2, 0) is 0 Å². The van der Waals surface area contributed by atoms with Crippen molar-refractivity contribution in [2.45, 2.75) is 43.8 Å². The maximum absolute atomic E-state index is 13.3. The quantitative estimate of drug-likeness (QED) is 0.267. The van der Waals surface area contributed by atoms with Crippen molar-refractivity contribution in [3.05, 3.63) is 59.7 Å². The molecule has 4 aliphatic heterocycles. The molecule has 2 unspecified atom stereocenters. The van der Waals surface area contributed by atoms with Gasteiger partial charge in [-0.15, -0.1) is 0 Å². The monoisotopic (exact) mass is 592 g/mol. The summed E-state index contributed by atoms with van der Waals surface area (Å²) in [6.45, 7) is 9.29. The van der Waals surface area contributed by atoms with E-state index in [1.807, 2.05) is 0 Å². The average molecular weight is 593 g/mol. The lowest BCUT2D eigenvalue weighted by molar-refractivity contribution is 0.0578. The van der Waals surface area contributed by atoms with Crippen molar-refractivity contribution >= 4 is 23.2 Å². The van der Waals surface area contributed by atoms with Gasteiger partial charge in [-0.3, -0.25) is 9.59 Å². The van der Waals surface area contributed by atoms with Crippen LogP contribution in [0.5, 0.6) is 23.0 Å². The summed E-state index contributed by atoms with van der Waals surface area (Å²) in [7, 11) is 3.00. The van der Waals surface area contributed by atoms with E-state index in [2.05, 4.69) is 23.8 Å². The third kappa shape index (κ3) is 5.21. The normalized spacial score (nSPS) is 24.2. The fourth-order valence-corrected chi connectivity index (χ4v) is 6.17. The van der Waals surface area contributed by atoms with Crippen LogP contribution in [0.15, 0.2) is 48.6 Å². The summed E-state index contributed by atoms with van der Waals surface area (Å²) in [5.74, 6) is 1.22. The molecule has 0 aliphatic carbocycles. The summed E-state index contributed by atoms with van der Waals surface area (Å²) >= 11 is 0. The minimum absolute atomic E-state index is 0.204. The Kier molecular flexibility index (Phi) is 7.57. The average Bonchev–Trinajstić information content (AvgIpc) is 3.54. The van der Waals surface area contributed by atoms with Gasteiger partial charge in [-0.05, 0) is 25.0 Å². The molecule has 228 valence electrons. The molecular weight excluding hydrogens is 556 g/mol. The maximum atomic E-state index is 13.3. The zero-order chi connectivity index (χ0) is 30.4. The van der Waals surface area contributed by atoms with Gasteiger partial charge in [0.2, 0.25) is 0 Å². The molecule has 4 aliphatic rings. The minimum atomic E-state index is -0.947. The standard InChI is InChI=1S/C31H36N4O8/c1-16-8-22-28(36)32-20-12-26(24(40-3)10-18(20)30(38)34(22)14-16)42-6-5-7-43-27-13-21-19(11-25(27)41-4)31(39)35-15-17(2)9-23(35)29(37)33-21/h10-13,22-23,28-29,32-33,36-37H,1-2,5-9,14-15H2,3-4H3/t22-,23-,28?,29?/m0/s1. The second-order valence-electron chi connectivity index (χ2n) is 11.2. The van der Waals surface area contributed by atoms with E-state index in [0.29, 0.717) is 77.9 Å². The number of nitrogens with one attached hydrogen (secondary N) is 2. The minimum Gasteiger partial charge on any atom is -0.493 e. The molecule has 2 aromatic carbocycles. The van der Waals surface area contributed by atoms with Crippen LogP contribution in [-0.4, -0.2) is 96.9 Å². The Bertz CT molecular complexity index is 1380. The number of carbonyl (C=O) groups excluding carboxylic acids is 2. The Morgan fingerprint density at radius 2 is 1.16 bits per heavy atom. The molecule has 0 bridgehead atoms. The Hall–Kier alpha value is -4.42. The van der Waals surface area contributed by atoms with E-state index in [1.165, 1.54) is 14.2 Å². The van der Waals surface area contributed by atoms with Crippen molar-refractivity contribution in [2.24, 2.45) is 0 Å². The fraction of sp³-hybridized carbons (Fsp3) is 0.419. The van der Waals surface area contributed by atoms with Crippen molar-refractivity contribution in [1.82, 2.24) is 9.80 Å². The highest BCUT2D eigenvalue weighted by Crippen LogP contribution is 2.40. The first-order chi connectivity index (χ1) is 20.7. The van der Waals surface area contributed by atoms with Gasteiger partial charge in [-0.2, -0.15) is 0 Å². The number of benzene rings is 2. The molecular formula is C31H36N4O8. The number of amides is 2. The predicted molar refractivity (Wildman–Crippen MR) is 158 cm³/mol. The number of methoxy groups -OCH3 is 2. The van der Waals surface area contributed by atoms with E-state index in [4.69, 9.17) is 18.9 Å². The van der Waals surface area contributed by atoms with Crippen LogP contribution in [0, 0.1) is 0 Å². The third-order valence-electron chi connectivity index (χ3n) is 8.31. The van der Waals surface area contributed by atoms with Crippen LogP contribution in [0.25, 0.3) is 0 Å². The molecule has 6 rings (SSSR count). The Morgan fingerprint density at radius 3 is 1.56 bits per heavy atom.